The second kappa shape index (κ2) is 12.5. The molecule has 0 radical (unpaired) electrons. The van der Waals surface area contributed by atoms with E-state index in [2.05, 4.69) is 15.5 Å². The van der Waals surface area contributed by atoms with Crippen LogP contribution in [-0.4, -0.2) is 49.6 Å². The first-order chi connectivity index (χ1) is 9.36. The van der Waals surface area contributed by atoms with Crippen molar-refractivity contribution < 1.29 is 4.79 Å². The van der Waals surface area contributed by atoms with Crippen molar-refractivity contribution in [2.45, 2.75) is 57.4 Å². The number of nitrogens with zero attached hydrogens (tertiary/aromatic N) is 1. The van der Waals surface area contributed by atoms with Crippen molar-refractivity contribution in [2.75, 3.05) is 32.7 Å². The topological polar surface area (TPSA) is 44.4 Å². The Morgan fingerprint density at radius 3 is 2.38 bits per heavy atom. The minimum atomic E-state index is 0. The van der Waals surface area contributed by atoms with Gasteiger partial charge in [-0.05, 0) is 58.3 Å². The van der Waals surface area contributed by atoms with E-state index >= 15 is 0 Å². The molecule has 2 aliphatic rings. The summed E-state index contributed by atoms with van der Waals surface area (Å²) in [5.74, 6) is 0.204. The van der Waals surface area contributed by atoms with Crippen molar-refractivity contribution in [3.63, 3.8) is 0 Å². The second-order valence-corrected chi connectivity index (χ2v) is 5.90. The first-order valence-corrected chi connectivity index (χ1v) is 8.10. The van der Waals surface area contributed by atoms with Crippen LogP contribution in [0.5, 0.6) is 0 Å². The van der Waals surface area contributed by atoms with Gasteiger partial charge in [0.15, 0.2) is 0 Å². The summed E-state index contributed by atoms with van der Waals surface area (Å²) in [6.45, 7) is 5.45. The van der Waals surface area contributed by atoms with Gasteiger partial charge in [0, 0.05) is 6.54 Å². The third-order valence-electron chi connectivity index (χ3n) is 4.28. The molecule has 2 aliphatic heterocycles. The zero-order valence-corrected chi connectivity index (χ0v) is 14.6. The lowest BCUT2D eigenvalue weighted by Gasteiger charge is -2.23. The van der Waals surface area contributed by atoms with Gasteiger partial charge < -0.3 is 15.5 Å². The summed E-state index contributed by atoms with van der Waals surface area (Å²) >= 11 is 0. The van der Waals surface area contributed by atoms with Gasteiger partial charge in [-0.2, -0.15) is 0 Å². The molecule has 0 aromatic heterocycles. The smallest absolute Gasteiger partial charge is 0.237 e. The molecule has 0 aliphatic carbocycles. The van der Waals surface area contributed by atoms with E-state index in [9.17, 15) is 4.79 Å². The molecule has 0 unspecified atom stereocenters. The summed E-state index contributed by atoms with van der Waals surface area (Å²) in [7, 11) is 0. The van der Waals surface area contributed by atoms with Crippen LogP contribution < -0.4 is 10.6 Å². The number of hydrogen-bond acceptors (Lipinski definition) is 3. The fourth-order valence-electron chi connectivity index (χ4n) is 3.07. The Hall–Kier alpha value is -0.0300. The second-order valence-electron chi connectivity index (χ2n) is 5.90. The fourth-order valence-corrected chi connectivity index (χ4v) is 3.07. The number of halogens is 2. The van der Waals surface area contributed by atoms with Gasteiger partial charge >= 0.3 is 0 Å². The van der Waals surface area contributed by atoms with Crippen LogP contribution in [0.2, 0.25) is 0 Å². The number of rotatable bonds is 5. The SMILES string of the molecule is Cl.Cl.O=C(NCCCN1CCCCCC1)[C@H]1CCCCN1. The summed E-state index contributed by atoms with van der Waals surface area (Å²) in [5.41, 5.74) is 0. The highest BCUT2D eigenvalue weighted by molar-refractivity contribution is 5.85. The van der Waals surface area contributed by atoms with Gasteiger partial charge in [-0.25, -0.2) is 0 Å². The van der Waals surface area contributed by atoms with Crippen LogP contribution in [0, 0.1) is 0 Å². The predicted octanol–water partition coefficient (Wildman–Crippen LogP) is 2.35. The van der Waals surface area contributed by atoms with Gasteiger partial charge in [-0.3, -0.25) is 4.79 Å². The van der Waals surface area contributed by atoms with Gasteiger partial charge in [-0.1, -0.05) is 19.3 Å². The van der Waals surface area contributed by atoms with Gasteiger partial charge in [0.1, 0.15) is 0 Å². The van der Waals surface area contributed by atoms with Crippen LogP contribution in [-0.2, 0) is 4.79 Å². The molecule has 0 saturated carbocycles. The maximum atomic E-state index is 11.9. The zero-order valence-electron chi connectivity index (χ0n) is 12.9. The van der Waals surface area contributed by atoms with Crippen molar-refractivity contribution in [2.24, 2.45) is 0 Å². The number of carbonyl (C=O) groups is 1. The van der Waals surface area contributed by atoms with Crippen LogP contribution in [0.25, 0.3) is 0 Å². The van der Waals surface area contributed by atoms with Crippen molar-refractivity contribution in [1.82, 2.24) is 15.5 Å². The highest BCUT2D eigenvalue weighted by Crippen LogP contribution is 2.09. The molecule has 4 nitrogen and oxygen atoms in total. The molecule has 0 aromatic carbocycles. The zero-order chi connectivity index (χ0) is 13.3. The molecule has 21 heavy (non-hydrogen) atoms. The molecule has 2 fully saturated rings. The molecular formula is C15H31Cl2N3O. The number of carbonyl (C=O) groups excluding carboxylic acids is 1. The van der Waals surface area contributed by atoms with Crippen LogP contribution in [0.15, 0.2) is 0 Å². The summed E-state index contributed by atoms with van der Waals surface area (Å²) in [6, 6.07) is 0.0620. The Balaban J connectivity index is 0.00000200. The van der Waals surface area contributed by atoms with Gasteiger partial charge in [-0.15, -0.1) is 24.8 Å². The Morgan fingerprint density at radius 1 is 1.05 bits per heavy atom. The number of likely N-dealkylation sites (tertiary alicyclic amines) is 1. The minimum absolute atomic E-state index is 0. The lowest BCUT2D eigenvalue weighted by Crippen LogP contribution is -2.47. The third-order valence-corrected chi connectivity index (χ3v) is 4.28. The molecule has 2 saturated heterocycles. The molecule has 1 amide bonds. The van der Waals surface area contributed by atoms with Gasteiger partial charge in [0.2, 0.25) is 5.91 Å². The molecule has 0 aromatic rings. The molecular weight excluding hydrogens is 309 g/mol. The van der Waals surface area contributed by atoms with Crippen molar-refractivity contribution in [3.8, 4) is 0 Å². The number of nitrogens with one attached hydrogen (secondary N) is 2. The minimum Gasteiger partial charge on any atom is -0.355 e. The highest BCUT2D eigenvalue weighted by atomic mass is 35.5. The molecule has 1 atom stereocenters. The van der Waals surface area contributed by atoms with Gasteiger partial charge in [0.05, 0.1) is 6.04 Å². The van der Waals surface area contributed by atoms with E-state index in [1.807, 2.05) is 0 Å². The Morgan fingerprint density at radius 2 is 1.76 bits per heavy atom. The Labute approximate surface area is 141 Å². The summed E-state index contributed by atoms with van der Waals surface area (Å²) < 4.78 is 0. The summed E-state index contributed by atoms with van der Waals surface area (Å²) in [4.78, 5) is 14.5. The largest absolute Gasteiger partial charge is 0.355 e. The Bertz CT molecular complexity index is 266. The monoisotopic (exact) mass is 339 g/mol. The number of hydrogen-bond donors (Lipinski definition) is 2. The molecule has 0 spiro atoms. The summed E-state index contributed by atoms with van der Waals surface area (Å²) in [5, 5.41) is 6.37. The standard InChI is InChI=1S/C15H29N3O.2ClH/c19-15(14-8-3-4-9-16-14)17-10-7-13-18-11-5-1-2-6-12-18;;/h14,16H,1-13H2,(H,17,19);2*1H/t14-;;/m1../s1. The molecule has 2 rings (SSSR count). The predicted molar refractivity (Wildman–Crippen MR) is 92.7 cm³/mol. The molecule has 0 bridgehead atoms. The number of amides is 1. The lowest BCUT2D eigenvalue weighted by atomic mass is 10.0. The van der Waals surface area contributed by atoms with E-state index in [0.717, 1.165) is 32.5 Å². The average Bonchev–Trinajstić information content (AvgIpc) is 2.73. The van der Waals surface area contributed by atoms with Gasteiger partial charge in [0.25, 0.3) is 0 Å². The molecule has 2 N–H and O–H groups in total. The average molecular weight is 340 g/mol. The number of piperidine rings is 1. The maximum Gasteiger partial charge on any atom is 0.237 e. The van der Waals surface area contributed by atoms with Crippen molar-refractivity contribution in [1.29, 1.82) is 0 Å². The maximum absolute atomic E-state index is 11.9. The van der Waals surface area contributed by atoms with Crippen LogP contribution in [0.3, 0.4) is 0 Å². The van der Waals surface area contributed by atoms with E-state index in [0.29, 0.717) is 0 Å². The fraction of sp³-hybridized carbons (Fsp3) is 0.933. The molecule has 6 heteroatoms. The van der Waals surface area contributed by atoms with E-state index < -0.39 is 0 Å². The van der Waals surface area contributed by atoms with E-state index in [1.165, 1.54) is 51.6 Å². The van der Waals surface area contributed by atoms with Crippen molar-refractivity contribution >= 4 is 30.7 Å². The highest BCUT2D eigenvalue weighted by Gasteiger charge is 2.19. The summed E-state index contributed by atoms with van der Waals surface area (Å²) in [6.07, 6.45) is 9.94. The lowest BCUT2D eigenvalue weighted by molar-refractivity contribution is -0.123. The Kier molecular flexibility index (Phi) is 12.5. The van der Waals surface area contributed by atoms with E-state index in [4.69, 9.17) is 0 Å². The third kappa shape index (κ3) is 8.24. The van der Waals surface area contributed by atoms with Crippen molar-refractivity contribution in [3.05, 3.63) is 0 Å². The normalized spacial score (nSPS) is 23.3. The first-order valence-electron chi connectivity index (χ1n) is 8.10. The van der Waals surface area contributed by atoms with Crippen LogP contribution in [0.4, 0.5) is 0 Å². The van der Waals surface area contributed by atoms with Crippen LogP contribution >= 0.6 is 24.8 Å². The molecule has 126 valence electrons. The van der Waals surface area contributed by atoms with E-state index in [-0.39, 0.29) is 36.8 Å². The van der Waals surface area contributed by atoms with E-state index in [1.54, 1.807) is 0 Å². The first kappa shape index (κ1) is 21.0. The molecule has 2 heterocycles. The quantitative estimate of drug-likeness (QED) is 0.755. The van der Waals surface area contributed by atoms with Crippen LogP contribution in [0.1, 0.15) is 51.4 Å².